The lowest BCUT2D eigenvalue weighted by molar-refractivity contribution is -0.141. The average Bonchev–Trinajstić information content (AvgIpc) is 2.62. The molecular weight excluding hydrogens is 352 g/mol. The number of benzene rings is 2. The molecule has 2 aromatic carbocycles. The molecule has 0 radical (unpaired) electrons. The lowest BCUT2D eigenvalue weighted by atomic mass is 9.82. The number of aryl methyl sites for hydroxylation is 1. The molecule has 0 aliphatic heterocycles. The van der Waals surface area contributed by atoms with Crippen molar-refractivity contribution in [2.75, 3.05) is 7.11 Å². The summed E-state index contributed by atoms with van der Waals surface area (Å²) in [5.74, 6) is 1.81. The molecule has 28 heavy (non-hydrogen) atoms. The van der Waals surface area contributed by atoms with Crippen molar-refractivity contribution in [3.8, 4) is 17.2 Å². The van der Waals surface area contributed by atoms with Gasteiger partial charge in [0.1, 0.15) is 17.2 Å². The first kappa shape index (κ1) is 21.8. The molecule has 0 aliphatic rings. The second kappa shape index (κ2) is 8.68. The summed E-state index contributed by atoms with van der Waals surface area (Å²) in [6, 6.07) is 11.3. The monoisotopic (exact) mass is 384 g/mol. The molecule has 0 spiro atoms. The van der Waals surface area contributed by atoms with E-state index in [2.05, 4.69) is 53.7 Å². The van der Waals surface area contributed by atoms with Gasteiger partial charge in [0, 0.05) is 5.56 Å². The van der Waals surface area contributed by atoms with E-state index < -0.39 is 12.1 Å². The quantitative estimate of drug-likeness (QED) is 0.466. The number of carbonyl (C=O) groups excluding carboxylic acids is 1. The van der Waals surface area contributed by atoms with Gasteiger partial charge in [-0.05, 0) is 55.0 Å². The van der Waals surface area contributed by atoms with Gasteiger partial charge in [-0.25, -0.2) is 4.79 Å². The van der Waals surface area contributed by atoms with Crippen molar-refractivity contribution >= 4 is 5.97 Å². The molecular formula is C24H32O4. The van der Waals surface area contributed by atoms with Crippen LogP contribution in [0.15, 0.2) is 36.4 Å². The Morgan fingerprint density at radius 3 is 2.04 bits per heavy atom. The van der Waals surface area contributed by atoms with Gasteiger partial charge in [0.25, 0.3) is 0 Å². The second-order valence-electron chi connectivity index (χ2n) is 8.49. The summed E-state index contributed by atoms with van der Waals surface area (Å²) in [6.45, 7) is 14.4. The number of hydrogen-bond acceptors (Lipinski definition) is 4. The number of ether oxygens (including phenoxy) is 3. The molecule has 0 aromatic heterocycles. The predicted octanol–water partition coefficient (Wildman–Crippen LogP) is 5.80. The number of carbonyl (C=O) groups is 1. The molecule has 4 heteroatoms. The van der Waals surface area contributed by atoms with Gasteiger partial charge >= 0.3 is 5.97 Å². The number of esters is 1. The van der Waals surface area contributed by atoms with Gasteiger partial charge in [0.15, 0.2) is 6.10 Å². The van der Waals surface area contributed by atoms with Gasteiger partial charge in [-0.15, -0.1) is 0 Å². The molecule has 0 bridgehead atoms. The first-order chi connectivity index (χ1) is 13.0. The molecule has 2 aromatic rings. The lowest BCUT2D eigenvalue weighted by Crippen LogP contribution is -2.30. The molecule has 0 heterocycles. The summed E-state index contributed by atoms with van der Waals surface area (Å²) in [5, 5.41) is 0. The highest BCUT2D eigenvalue weighted by Crippen LogP contribution is 2.38. The third kappa shape index (κ3) is 5.28. The topological polar surface area (TPSA) is 44.8 Å². The third-order valence-corrected chi connectivity index (χ3v) is 4.60. The zero-order valence-electron chi connectivity index (χ0n) is 18.3. The van der Waals surface area contributed by atoms with Gasteiger partial charge in [-0.3, -0.25) is 0 Å². The minimum absolute atomic E-state index is 0.147. The zero-order chi connectivity index (χ0) is 21.1. The van der Waals surface area contributed by atoms with E-state index in [1.165, 1.54) is 0 Å². The first-order valence-corrected chi connectivity index (χ1v) is 9.70. The average molecular weight is 385 g/mol. The van der Waals surface area contributed by atoms with Crippen LogP contribution in [0, 0.1) is 6.92 Å². The Hall–Kier alpha value is -2.49. The first-order valence-electron chi connectivity index (χ1n) is 9.70. The minimum atomic E-state index is -0.734. The fourth-order valence-electron chi connectivity index (χ4n) is 2.99. The van der Waals surface area contributed by atoms with Crippen LogP contribution in [0.2, 0.25) is 0 Å². The largest absolute Gasteiger partial charge is 0.497 e. The van der Waals surface area contributed by atoms with E-state index in [0.717, 1.165) is 22.4 Å². The fraction of sp³-hybridized carbons (Fsp3) is 0.458. The highest BCUT2D eigenvalue weighted by atomic mass is 16.6. The predicted molar refractivity (Wildman–Crippen MR) is 113 cm³/mol. The van der Waals surface area contributed by atoms with E-state index in [1.807, 2.05) is 0 Å². The van der Waals surface area contributed by atoms with E-state index in [0.29, 0.717) is 11.5 Å². The molecule has 1 atom stereocenters. The zero-order valence-corrected chi connectivity index (χ0v) is 18.3. The van der Waals surface area contributed by atoms with Crippen LogP contribution in [-0.2, 0) is 10.2 Å². The Morgan fingerprint density at radius 1 is 0.964 bits per heavy atom. The Balaban J connectivity index is 2.28. The second-order valence-corrected chi connectivity index (χ2v) is 8.49. The standard InChI is InChI=1S/C24H32O4/c1-15(2)20-13-16(3)14-21(24(5,6)7)22(20)28-23(25)17(4)27-19-11-9-18(26-8)10-12-19/h9-15,17H,1-8H3. The molecule has 0 amide bonds. The van der Waals surface area contributed by atoms with Crippen molar-refractivity contribution in [2.24, 2.45) is 0 Å². The summed E-state index contributed by atoms with van der Waals surface area (Å²) >= 11 is 0. The summed E-state index contributed by atoms with van der Waals surface area (Å²) in [5.41, 5.74) is 3.08. The Bertz CT molecular complexity index is 814. The van der Waals surface area contributed by atoms with E-state index in [1.54, 1.807) is 38.3 Å². The van der Waals surface area contributed by atoms with Crippen molar-refractivity contribution in [2.45, 2.75) is 65.9 Å². The van der Waals surface area contributed by atoms with Crippen LogP contribution < -0.4 is 14.2 Å². The lowest BCUT2D eigenvalue weighted by Gasteiger charge is -2.27. The molecule has 0 N–H and O–H groups in total. The van der Waals surface area contributed by atoms with Crippen molar-refractivity contribution in [1.29, 1.82) is 0 Å². The van der Waals surface area contributed by atoms with Crippen molar-refractivity contribution in [3.63, 3.8) is 0 Å². The third-order valence-electron chi connectivity index (χ3n) is 4.60. The smallest absolute Gasteiger partial charge is 0.352 e. The summed E-state index contributed by atoms with van der Waals surface area (Å²) in [4.78, 5) is 12.8. The van der Waals surface area contributed by atoms with E-state index in [-0.39, 0.29) is 11.3 Å². The Labute approximate surface area is 168 Å². The van der Waals surface area contributed by atoms with Gasteiger partial charge in [-0.1, -0.05) is 52.3 Å². The van der Waals surface area contributed by atoms with Crippen LogP contribution >= 0.6 is 0 Å². The molecule has 4 nitrogen and oxygen atoms in total. The van der Waals surface area contributed by atoms with Gasteiger partial charge in [-0.2, -0.15) is 0 Å². The fourth-order valence-corrected chi connectivity index (χ4v) is 2.99. The molecule has 152 valence electrons. The maximum absolute atomic E-state index is 12.8. The van der Waals surface area contributed by atoms with E-state index in [9.17, 15) is 4.79 Å². The SMILES string of the molecule is COc1ccc(OC(C)C(=O)Oc2c(C(C)C)cc(C)cc2C(C)(C)C)cc1. The normalized spacial score (nSPS) is 12.6. The van der Waals surface area contributed by atoms with Crippen LogP contribution in [0.25, 0.3) is 0 Å². The molecule has 0 saturated heterocycles. The van der Waals surface area contributed by atoms with Gasteiger partial charge < -0.3 is 14.2 Å². The van der Waals surface area contributed by atoms with Gasteiger partial charge in [0.05, 0.1) is 7.11 Å². The van der Waals surface area contributed by atoms with Crippen LogP contribution in [-0.4, -0.2) is 19.2 Å². The van der Waals surface area contributed by atoms with E-state index in [4.69, 9.17) is 14.2 Å². The van der Waals surface area contributed by atoms with Crippen molar-refractivity contribution in [1.82, 2.24) is 0 Å². The van der Waals surface area contributed by atoms with Gasteiger partial charge in [0.2, 0.25) is 0 Å². The Kier molecular flexibility index (Phi) is 6.76. The number of methoxy groups -OCH3 is 1. The summed E-state index contributed by atoms with van der Waals surface area (Å²) < 4.78 is 16.8. The molecule has 0 aliphatic carbocycles. The summed E-state index contributed by atoms with van der Waals surface area (Å²) in [6.07, 6.45) is -0.734. The summed E-state index contributed by atoms with van der Waals surface area (Å²) in [7, 11) is 1.61. The molecule has 2 rings (SSSR count). The van der Waals surface area contributed by atoms with Crippen LogP contribution in [0.3, 0.4) is 0 Å². The highest BCUT2D eigenvalue weighted by Gasteiger charge is 2.27. The minimum Gasteiger partial charge on any atom is -0.497 e. The highest BCUT2D eigenvalue weighted by molar-refractivity contribution is 5.78. The Morgan fingerprint density at radius 2 is 1.54 bits per heavy atom. The van der Waals surface area contributed by atoms with E-state index >= 15 is 0 Å². The van der Waals surface area contributed by atoms with Crippen LogP contribution in [0.1, 0.15) is 64.2 Å². The van der Waals surface area contributed by atoms with Crippen LogP contribution in [0.4, 0.5) is 0 Å². The number of rotatable bonds is 6. The molecule has 0 fully saturated rings. The van der Waals surface area contributed by atoms with Crippen molar-refractivity contribution in [3.05, 3.63) is 53.1 Å². The molecule has 1 unspecified atom stereocenters. The van der Waals surface area contributed by atoms with Crippen molar-refractivity contribution < 1.29 is 19.0 Å². The maximum atomic E-state index is 12.8. The number of hydrogen-bond donors (Lipinski definition) is 0. The maximum Gasteiger partial charge on any atom is 0.352 e. The van der Waals surface area contributed by atoms with Crippen LogP contribution in [0.5, 0.6) is 17.2 Å². The molecule has 0 saturated carbocycles.